The van der Waals surface area contributed by atoms with Crippen molar-refractivity contribution in [2.24, 2.45) is 22.4 Å². The second kappa shape index (κ2) is 9.31. The molecule has 0 spiro atoms. The van der Waals surface area contributed by atoms with Crippen molar-refractivity contribution in [3.63, 3.8) is 0 Å². The van der Waals surface area contributed by atoms with Gasteiger partial charge in [-0.2, -0.15) is 0 Å². The van der Waals surface area contributed by atoms with Gasteiger partial charge in [-0.15, -0.1) is 0 Å². The lowest BCUT2D eigenvalue weighted by molar-refractivity contribution is -0.144. The summed E-state index contributed by atoms with van der Waals surface area (Å²) >= 11 is 0. The third-order valence-corrected chi connectivity index (χ3v) is 4.73. The Kier molecular flexibility index (Phi) is 8.00. The maximum Gasteiger partial charge on any atom is 0.451 e. The number of carbonyl (C=O) groups is 2. The number of likely N-dealkylation sites (N-methyl/N-ethyl adjacent to an activating group) is 1. The summed E-state index contributed by atoms with van der Waals surface area (Å²) in [5.74, 6) is -1.51. The van der Waals surface area contributed by atoms with Crippen molar-refractivity contribution in [3.05, 3.63) is 0 Å². The number of carboxylic acids is 1. The molecule has 0 aromatic rings. The van der Waals surface area contributed by atoms with Gasteiger partial charge in [0.25, 0.3) is 0 Å². The highest BCUT2D eigenvalue weighted by atomic mass is 16.4. The van der Waals surface area contributed by atoms with Crippen molar-refractivity contribution in [1.82, 2.24) is 9.80 Å². The molecular formula is C15H30BN5O5. The molecular weight excluding hydrogens is 341 g/mol. The third-order valence-electron chi connectivity index (χ3n) is 4.73. The highest BCUT2D eigenvalue weighted by Crippen LogP contribution is 2.31. The zero-order valence-corrected chi connectivity index (χ0v) is 15.6. The van der Waals surface area contributed by atoms with Crippen LogP contribution in [0.15, 0.2) is 4.99 Å². The van der Waals surface area contributed by atoms with E-state index in [2.05, 4.69) is 4.99 Å². The van der Waals surface area contributed by atoms with E-state index in [1.807, 2.05) is 0 Å². The molecule has 7 N–H and O–H groups in total. The first-order chi connectivity index (χ1) is 12.1. The molecule has 26 heavy (non-hydrogen) atoms. The molecule has 3 atom stereocenters. The zero-order chi connectivity index (χ0) is 20.1. The van der Waals surface area contributed by atoms with Gasteiger partial charge in [-0.3, -0.25) is 19.5 Å². The Morgan fingerprint density at radius 2 is 2.08 bits per heavy atom. The molecule has 1 saturated heterocycles. The molecule has 3 unspecified atom stereocenters. The Labute approximate surface area is 154 Å². The van der Waals surface area contributed by atoms with E-state index in [0.717, 1.165) is 0 Å². The van der Waals surface area contributed by atoms with Crippen LogP contribution in [0.5, 0.6) is 0 Å². The first-order valence-electron chi connectivity index (χ1n) is 8.75. The maximum atomic E-state index is 12.3. The number of likely N-dealkylation sites (tertiary alicyclic amines) is 1. The number of carboxylic acid groups (broad SMARTS) is 1. The fraction of sp³-hybridized carbons (Fsp3) is 0.800. The topological polar surface area (TPSA) is 166 Å². The van der Waals surface area contributed by atoms with Gasteiger partial charge < -0.3 is 31.5 Å². The molecule has 1 rings (SSSR count). The summed E-state index contributed by atoms with van der Waals surface area (Å²) in [4.78, 5) is 31.4. The van der Waals surface area contributed by atoms with Crippen LogP contribution in [0.25, 0.3) is 0 Å². The highest BCUT2D eigenvalue weighted by Gasteiger charge is 2.50. The number of hydrogen-bond donors (Lipinski definition) is 5. The minimum Gasteiger partial charge on any atom is -0.480 e. The number of aliphatic carboxylic acids is 1. The molecule has 0 aliphatic carbocycles. The Morgan fingerprint density at radius 3 is 2.50 bits per heavy atom. The summed E-state index contributed by atoms with van der Waals surface area (Å²) in [6, 6.07) is -0.710. The van der Waals surface area contributed by atoms with Crippen LogP contribution in [0.1, 0.15) is 26.7 Å². The number of rotatable bonds is 7. The van der Waals surface area contributed by atoms with E-state index in [1.165, 1.54) is 11.9 Å². The smallest absolute Gasteiger partial charge is 0.451 e. The largest absolute Gasteiger partial charge is 0.480 e. The molecule has 1 fully saturated rings. The second-order valence-electron chi connectivity index (χ2n) is 6.73. The molecule has 0 bridgehead atoms. The van der Waals surface area contributed by atoms with Crippen LogP contribution >= 0.6 is 0 Å². The first kappa shape index (κ1) is 22.4. The van der Waals surface area contributed by atoms with E-state index in [9.17, 15) is 14.7 Å². The van der Waals surface area contributed by atoms with E-state index in [1.54, 1.807) is 18.7 Å². The van der Waals surface area contributed by atoms with Gasteiger partial charge in [0.15, 0.2) is 0 Å². The van der Waals surface area contributed by atoms with Crippen molar-refractivity contribution >= 4 is 25.0 Å². The summed E-state index contributed by atoms with van der Waals surface area (Å²) in [5, 5.41) is 27.6. The van der Waals surface area contributed by atoms with Gasteiger partial charge >= 0.3 is 13.1 Å². The number of guanidine groups is 1. The number of carbonyl (C=O) groups excluding carboxylic acids is 1. The number of amides is 1. The molecule has 0 aromatic carbocycles. The monoisotopic (exact) mass is 371 g/mol. The molecule has 1 aliphatic heterocycles. The molecule has 148 valence electrons. The van der Waals surface area contributed by atoms with Gasteiger partial charge in [-0.25, -0.2) is 0 Å². The molecule has 0 aromatic heterocycles. The zero-order valence-electron chi connectivity index (χ0n) is 15.6. The Morgan fingerprint density at radius 1 is 1.46 bits per heavy atom. The van der Waals surface area contributed by atoms with Gasteiger partial charge in [-0.1, -0.05) is 6.42 Å². The summed E-state index contributed by atoms with van der Waals surface area (Å²) in [7, 11) is 0.0949. The van der Waals surface area contributed by atoms with E-state index >= 15 is 0 Å². The van der Waals surface area contributed by atoms with Crippen LogP contribution in [-0.2, 0) is 9.59 Å². The van der Waals surface area contributed by atoms with Crippen LogP contribution in [0.4, 0.5) is 0 Å². The summed E-state index contributed by atoms with van der Waals surface area (Å²) < 4.78 is 0. The SMILES string of the molecule is CCN(C(=O)C(C)N)/C(=N\C)N1CC(CCCB(O)O)C(N)(C(=O)O)C1. The molecule has 10 nitrogen and oxygen atoms in total. The Bertz CT molecular complexity index is 545. The predicted octanol–water partition coefficient (Wildman–Crippen LogP) is -1.87. The molecule has 1 amide bonds. The summed E-state index contributed by atoms with van der Waals surface area (Å²) in [6.45, 7) is 4.02. The normalized spacial score (nSPS) is 24.5. The number of aliphatic imine (C=N–C) groups is 1. The standard InChI is InChI=1S/C15H30BN5O5/c1-4-21(12(22)10(2)17)14(19-3)20-8-11(6-5-7-16(25)26)15(18,9-20)13(23)24/h10-11,25-26H,4-9,17-18H2,1-3H3,(H,23,24)/b19-14-. The number of nitrogens with two attached hydrogens (primary N) is 2. The molecule has 1 aliphatic rings. The van der Waals surface area contributed by atoms with E-state index < -0.39 is 30.6 Å². The van der Waals surface area contributed by atoms with E-state index in [4.69, 9.17) is 21.5 Å². The average molecular weight is 371 g/mol. The van der Waals surface area contributed by atoms with Crippen molar-refractivity contribution in [2.75, 3.05) is 26.7 Å². The highest BCUT2D eigenvalue weighted by molar-refractivity contribution is 6.40. The molecule has 1 heterocycles. The van der Waals surface area contributed by atoms with Crippen LogP contribution in [-0.4, -0.2) is 88.2 Å². The van der Waals surface area contributed by atoms with Gasteiger partial charge in [0.2, 0.25) is 11.9 Å². The third kappa shape index (κ3) is 4.94. The van der Waals surface area contributed by atoms with E-state index in [-0.39, 0.29) is 18.8 Å². The van der Waals surface area contributed by atoms with E-state index in [0.29, 0.717) is 31.9 Å². The van der Waals surface area contributed by atoms with Crippen molar-refractivity contribution < 1.29 is 24.7 Å². The fourth-order valence-corrected chi connectivity index (χ4v) is 3.30. The number of nitrogens with zero attached hydrogens (tertiary/aromatic N) is 3. The summed E-state index contributed by atoms with van der Waals surface area (Å²) in [6.07, 6.45) is 0.990. The lowest BCUT2D eigenvalue weighted by Crippen LogP contribution is -2.56. The van der Waals surface area contributed by atoms with Crippen molar-refractivity contribution in [2.45, 2.75) is 44.6 Å². The maximum absolute atomic E-state index is 12.3. The van der Waals surface area contributed by atoms with Crippen molar-refractivity contribution in [1.29, 1.82) is 0 Å². The minimum absolute atomic E-state index is 0.00405. The first-order valence-corrected chi connectivity index (χ1v) is 8.75. The van der Waals surface area contributed by atoms with Gasteiger partial charge in [0.1, 0.15) is 5.54 Å². The Hall–Kier alpha value is -1.69. The van der Waals surface area contributed by atoms with Gasteiger partial charge in [0.05, 0.1) is 6.04 Å². The minimum atomic E-state index is -1.51. The van der Waals surface area contributed by atoms with Gasteiger partial charge in [0, 0.05) is 32.6 Å². The average Bonchev–Trinajstić information content (AvgIpc) is 2.89. The fourth-order valence-electron chi connectivity index (χ4n) is 3.30. The van der Waals surface area contributed by atoms with Gasteiger partial charge in [-0.05, 0) is 26.6 Å². The lowest BCUT2D eigenvalue weighted by Gasteiger charge is -2.31. The van der Waals surface area contributed by atoms with Crippen LogP contribution in [0, 0.1) is 5.92 Å². The molecule has 11 heteroatoms. The quantitative estimate of drug-likeness (QED) is 0.197. The van der Waals surface area contributed by atoms with Crippen molar-refractivity contribution in [3.8, 4) is 0 Å². The van der Waals surface area contributed by atoms with Crippen LogP contribution in [0.3, 0.4) is 0 Å². The molecule has 0 radical (unpaired) electrons. The number of hydrogen-bond acceptors (Lipinski definition) is 7. The Balaban J connectivity index is 3.02. The lowest BCUT2D eigenvalue weighted by atomic mass is 9.78. The van der Waals surface area contributed by atoms with Crippen LogP contribution in [0.2, 0.25) is 6.32 Å². The molecule has 0 saturated carbocycles. The predicted molar refractivity (Wildman–Crippen MR) is 98.2 cm³/mol. The summed E-state index contributed by atoms with van der Waals surface area (Å²) in [5.41, 5.74) is 10.4. The van der Waals surface area contributed by atoms with Crippen LogP contribution < -0.4 is 11.5 Å². The second-order valence-corrected chi connectivity index (χ2v) is 6.73.